The van der Waals surface area contributed by atoms with Crippen molar-refractivity contribution in [3.8, 4) is 0 Å². The van der Waals surface area contributed by atoms with Gasteiger partial charge in [0.05, 0.1) is 0 Å². The van der Waals surface area contributed by atoms with Gasteiger partial charge in [-0.25, -0.2) is 0 Å². The van der Waals surface area contributed by atoms with E-state index in [1.54, 1.807) is 0 Å². The van der Waals surface area contributed by atoms with Crippen molar-refractivity contribution in [2.45, 2.75) is 51.9 Å². The molecule has 138 valence electrons. The zero-order chi connectivity index (χ0) is 16.3. The Balaban J connectivity index is 0.00000208. The van der Waals surface area contributed by atoms with Gasteiger partial charge in [0.15, 0.2) is 5.96 Å². The highest BCUT2D eigenvalue weighted by Crippen LogP contribution is 2.47. The molecule has 24 heavy (non-hydrogen) atoms. The summed E-state index contributed by atoms with van der Waals surface area (Å²) in [6.07, 6.45) is 8.44. The topological polar surface area (TPSA) is 47.9 Å². The van der Waals surface area contributed by atoms with Crippen molar-refractivity contribution in [2.75, 3.05) is 39.8 Å². The molecule has 5 nitrogen and oxygen atoms in total. The molecular weight excluding hydrogens is 415 g/mol. The maximum atomic E-state index is 12.3. The predicted molar refractivity (Wildman–Crippen MR) is 109 cm³/mol. The molecule has 1 atom stereocenters. The number of piperidine rings is 1. The Morgan fingerprint density at radius 1 is 1.21 bits per heavy atom. The predicted octanol–water partition coefficient (Wildman–Crippen LogP) is 2.70. The average Bonchev–Trinajstić information content (AvgIpc) is 2.97. The molecule has 0 radical (unpaired) electrons. The summed E-state index contributed by atoms with van der Waals surface area (Å²) < 4.78 is 0. The second-order valence-corrected chi connectivity index (χ2v) is 7.84. The molecule has 1 saturated carbocycles. The lowest BCUT2D eigenvalue weighted by atomic mass is 9.68. The van der Waals surface area contributed by atoms with Gasteiger partial charge in [-0.2, -0.15) is 0 Å². The number of guanidine groups is 1. The minimum Gasteiger partial charge on any atom is -0.356 e. The van der Waals surface area contributed by atoms with Crippen molar-refractivity contribution in [3.63, 3.8) is 0 Å². The van der Waals surface area contributed by atoms with E-state index in [2.05, 4.69) is 22.1 Å². The summed E-state index contributed by atoms with van der Waals surface area (Å²) in [6.45, 7) is 7.05. The third-order valence-corrected chi connectivity index (χ3v) is 6.00. The van der Waals surface area contributed by atoms with Crippen LogP contribution in [0.25, 0.3) is 0 Å². The van der Waals surface area contributed by atoms with Gasteiger partial charge >= 0.3 is 0 Å². The molecule has 2 aliphatic heterocycles. The third kappa shape index (κ3) is 4.55. The summed E-state index contributed by atoms with van der Waals surface area (Å²) in [5, 5.41) is 3.41. The molecule has 0 bridgehead atoms. The van der Waals surface area contributed by atoms with Crippen molar-refractivity contribution in [1.82, 2.24) is 15.1 Å². The van der Waals surface area contributed by atoms with Crippen LogP contribution in [0.2, 0.25) is 0 Å². The number of aliphatic imine (C=N–C) groups is 1. The number of nitrogens with zero attached hydrogens (tertiary/aromatic N) is 3. The van der Waals surface area contributed by atoms with Crippen LogP contribution < -0.4 is 5.32 Å². The van der Waals surface area contributed by atoms with E-state index in [9.17, 15) is 4.79 Å². The lowest BCUT2D eigenvalue weighted by molar-refractivity contribution is -0.132. The van der Waals surface area contributed by atoms with Crippen molar-refractivity contribution >= 4 is 35.8 Å². The summed E-state index contributed by atoms with van der Waals surface area (Å²) in [5.74, 6) is 1.92. The van der Waals surface area contributed by atoms with E-state index in [4.69, 9.17) is 0 Å². The van der Waals surface area contributed by atoms with Gasteiger partial charge in [-0.05, 0) is 43.4 Å². The number of halogens is 1. The molecule has 1 N–H and O–H groups in total. The molecule has 3 fully saturated rings. The van der Waals surface area contributed by atoms with Crippen molar-refractivity contribution in [3.05, 3.63) is 0 Å². The molecule has 1 amide bonds. The molecule has 2 saturated heterocycles. The molecule has 0 aromatic rings. The first-order valence-electron chi connectivity index (χ1n) is 9.35. The number of carbonyl (C=O) groups excluding carboxylic acids is 1. The summed E-state index contributed by atoms with van der Waals surface area (Å²) in [7, 11) is 1.85. The second-order valence-electron chi connectivity index (χ2n) is 7.84. The van der Waals surface area contributed by atoms with E-state index in [1.165, 1.54) is 32.1 Å². The zero-order valence-electron chi connectivity index (χ0n) is 15.2. The van der Waals surface area contributed by atoms with Crippen LogP contribution in [0.15, 0.2) is 4.99 Å². The van der Waals surface area contributed by atoms with Crippen LogP contribution in [-0.4, -0.2) is 61.4 Å². The maximum Gasteiger partial charge on any atom is 0.224 e. The number of carbonyl (C=O) groups is 1. The standard InChI is InChI=1S/C18H32N4O.HI/c1-15-5-3-11-21(13-15)16(23)6-10-20-17(19-2)22-12-9-18(14-22)7-4-8-18;/h15H,3-14H2,1-2H3,(H,19,20);1H. The third-order valence-electron chi connectivity index (χ3n) is 6.00. The van der Waals surface area contributed by atoms with Gasteiger partial charge in [-0.15, -0.1) is 24.0 Å². The fourth-order valence-electron chi connectivity index (χ4n) is 4.39. The molecule has 3 aliphatic rings. The van der Waals surface area contributed by atoms with Gasteiger partial charge in [-0.1, -0.05) is 13.3 Å². The minimum atomic E-state index is 0. The Morgan fingerprint density at radius 3 is 2.58 bits per heavy atom. The largest absolute Gasteiger partial charge is 0.356 e. The van der Waals surface area contributed by atoms with Crippen molar-refractivity contribution < 1.29 is 4.79 Å². The van der Waals surface area contributed by atoms with Crippen LogP contribution >= 0.6 is 24.0 Å². The van der Waals surface area contributed by atoms with E-state index in [0.29, 0.717) is 24.3 Å². The van der Waals surface area contributed by atoms with E-state index >= 15 is 0 Å². The molecule has 1 spiro atoms. The highest BCUT2D eigenvalue weighted by Gasteiger charge is 2.43. The quantitative estimate of drug-likeness (QED) is 0.411. The summed E-state index contributed by atoms with van der Waals surface area (Å²) in [5.41, 5.74) is 0.581. The van der Waals surface area contributed by atoms with E-state index in [0.717, 1.165) is 38.6 Å². The Bertz CT molecular complexity index is 464. The van der Waals surface area contributed by atoms with Gasteiger partial charge in [-0.3, -0.25) is 9.79 Å². The first kappa shape index (κ1) is 19.8. The van der Waals surface area contributed by atoms with Crippen LogP contribution in [0.1, 0.15) is 51.9 Å². The van der Waals surface area contributed by atoms with Gasteiger partial charge in [0.2, 0.25) is 5.91 Å². The summed E-state index contributed by atoms with van der Waals surface area (Å²) in [6, 6.07) is 0. The Kier molecular flexibility index (Phi) is 7.19. The van der Waals surface area contributed by atoms with Crippen LogP contribution in [0.3, 0.4) is 0 Å². The summed E-state index contributed by atoms with van der Waals surface area (Å²) in [4.78, 5) is 21.2. The fraction of sp³-hybridized carbons (Fsp3) is 0.889. The first-order valence-corrected chi connectivity index (χ1v) is 9.35. The summed E-state index contributed by atoms with van der Waals surface area (Å²) >= 11 is 0. The number of likely N-dealkylation sites (tertiary alicyclic amines) is 2. The van der Waals surface area contributed by atoms with E-state index < -0.39 is 0 Å². The van der Waals surface area contributed by atoms with Gasteiger partial charge in [0, 0.05) is 46.2 Å². The maximum absolute atomic E-state index is 12.3. The number of hydrogen-bond donors (Lipinski definition) is 1. The number of rotatable bonds is 3. The van der Waals surface area contributed by atoms with Crippen LogP contribution in [0.4, 0.5) is 0 Å². The first-order chi connectivity index (χ1) is 11.1. The Labute approximate surface area is 163 Å². The van der Waals surface area contributed by atoms with Gasteiger partial charge in [0.25, 0.3) is 0 Å². The highest BCUT2D eigenvalue weighted by atomic mass is 127. The van der Waals surface area contributed by atoms with Crippen LogP contribution in [0.5, 0.6) is 0 Å². The van der Waals surface area contributed by atoms with Crippen LogP contribution in [0, 0.1) is 11.3 Å². The second kappa shape index (κ2) is 8.72. The fourth-order valence-corrected chi connectivity index (χ4v) is 4.39. The minimum absolute atomic E-state index is 0. The molecule has 1 unspecified atom stereocenters. The SMILES string of the molecule is CN=C(NCCC(=O)N1CCCC(C)C1)N1CCC2(CCC2)C1.I. The van der Waals surface area contributed by atoms with Crippen LogP contribution in [-0.2, 0) is 4.79 Å². The van der Waals surface area contributed by atoms with Gasteiger partial charge in [0.1, 0.15) is 0 Å². The molecule has 1 aliphatic carbocycles. The molecule has 2 heterocycles. The molecule has 6 heteroatoms. The van der Waals surface area contributed by atoms with Gasteiger partial charge < -0.3 is 15.1 Å². The smallest absolute Gasteiger partial charge is 0.224 e. The Hall–Kier alpha value is -0.530. The van der Waals surface area contributed by atoms with Crippen molar-refractivity contribution in [1.29, 1.82) is 0 Å². The molecular formula is C18H33IN4O. The number of hydrogen-bond acceptors (Lipinski definition) is 2. The lowest BCUT2D eigenvalue weighted by Gasteiger charge is -2.38. The highest BCUT2D eigenvalue weighted by molar-refractivity contribution is 14.0. The average molecular weight is 448 g/mol. The lowest BCUT2D eigenvalue weighted by Crippen LogP contribution is -2.44. The molecule has 0 aromatic carbocycles. The van der Waals surface area contributed by atoms with Crippen molar-refractivity contribution in [2.24, 2.45) is 16.3 Å². The van der Waals surface area contributed by atoms with E-state index in [-0.39, 0.29) is 29.9 Å². The molecule has 3 rings (SSSR count). The monoisotopic (exact) mass is 448 g/mol. The normalized spacial score (nSPS) is 26.1. The van der Waals surface area contributed by atoms with E-state index in [1.807, 2.05) is 11.9 Å². The number of amides is 1. The molecule has 0 aromatic heterocycles. The Morgan fingerprint density at radius 2 is 2.00 bits per heavy atom. The number of nitrogens with one attached hydrogen (secondary N) is 1. The zero-order valence-corrected chi connectivity index (χ0v) is 17.6.